The van der Waals surface area contributed by atoms with Gasteiger partial charge in [-0.25, -0.2) is 9.97 Å². The molecule has 0 fully saturated rings. The molecule has 1 N–H and O–H groups in total. The van der Waals surface area contributed by atoms with Crippen LogP contribution in [0.15, 0.2) is 30.3 Å². The Balaban J connectivity index is 2.25. The Bertz CT molecular complexity index is 679. The molecule has 2 rings (SSSR count). The second-order valence-electron chi connectivity index (χ2n) is 3.79. The van der Waals surface area contributed by atoms with E-state index in [1.54, 1.807) is 31.2 Å². The molecule has 6 heteroatoms. The monoisotopic (exact) mass is 272 g/mol. The molecule has 2 aromatic rings. The van der Waals surface area contributed by atoms with Gasteiger partial charge >= 0.3 is 0 Å². The SMILES string of the molecule is Cc1cc(C#N)cc(C(=O)Nc2cccc(Cl)n2)n1. The summed E-state index contributed by atoms with van der Waals surface area (Å²) < 4.78 is 0. The van der Waals surface area contributed by atoms with Crippen molar-refractivity contribution in [2.45, 2.75) is 6.92 Å². The Kier molecular flexibility index (Phi) is 3.74. The Hall–Kier alpha value is -2.45. The maximum Gasteiger partial charge on any atom is 0.275 e. The first-order valence-corrected chi connectivity index (χ1v) is 5.79. The summed E-state index contributed by atoms with van der Waals surface area (Å²) >= 11 is 5.73. The van der Waals surface area contributed by atoms with Crippen LogP contribution in [0.5, 0.6) is 0 Å². The number of rotatable bonds is 2. The molecule has 0 aliphatic rings. The molecule has 0 aliphatic heterocycles. The van der Waals surface area contributed by atoms with Gasteiger partial charge in [0.2, 0.25) is 0 Å². The first-order valence-electron chi connectivity index (χ1n) is 5.41. The lowest BCUT2D eigenvalue weighted by Crippen LogP contribution is -2.15. The predicted octanol–water partition coefficient (Wildman–Crippen LogP) is 2.56. The average molecular weight is 273 g/mol. The molecule has 0 saturated carbocycles. The van der Waals surface area contributed by atoms with E-state index in [0.29, 0.717) is 17.1 Å². The molecule has 94 valence electrons. The quantitative estimate of drug-likeness (QED) is 0.852. The third-order valence-corrected chi connectivity index (χ3v) is 2.48. The third kappa shape index (κ3) is 3.27. The maximum atomic E-state index is 12.0. The van der Waals surface area contributed by atoms with E-state index in [-0.39, 0.29) is 10.8 Å². The smallest absolute Gasteiger partial charge is 0.275 e. The number of nitrogens with one attached hydrogen (secondary N) is 1. The van der Waals surface area contributed by atoms with Crippen molar-refractivity contribution in [3.05, 3.63) is 52.4 Å². The van der Waals surface area contributed by atoms with Crippen molar-refractivity contribution in [2.75, 3.05) is 5.32 Å². The number of nitrogens with zero attached hydrogens (tertiary/aromatic N) is 3. The van der Waals surface area contributed by atoms with Crippen molar-refractivity contribution in [3.63, 3.8) is 0 Å². The molecule has 0 spiro atoms. The van der Waals surface area contributed by atoms with Crippen LogP contribution in [0.2, 0.25) is 5.15 Å². The topological polar surface area (TPSA) is 78.7 Å². The van der Waals surface area contributed by atoms with Crippen molar-refractivity contribution < 1.29 is 4.79 Å². The molecule has 0 bridgehead atoms. The molecular formula is C13H9ClN4O. The number of pyridine rings is 2. The Morgan fingerprint density at radius 1 is 1.37 bits per heavy atom. The fourth-order valence-electron chi connectivity index (χ4n) is 1.51. The van der Waals surface area contributed by atoms with Gasteiger partial charge in [0, 0.05) is 5.69 Å². The molecular weight excluding hydrogens is 264 g/mol. The van der Waals surface area contributed by atoms with Gasteiger partial charge in [0.25, 0.3) is 5.91 Å². The number of carbonyl (C=O) groups is 1. The van der Waals surface area contributed by atoms with Crippen molar-refractivity contribution in [2.24, 2.45) is 0 Å². The number of halogens is 1. The van der Waals surface area contributed by atoms with Gasteiger partial charge in [-0.1, -0.05) is 17.7 Å². The third-order valence-electron chi connectivity index (χ3n) is 2.27. The summed E-state index contributed by atoms with van der Waals surface area (Å²) in [5, 5.41) is 11.7. The molecule has 0 unspecified atom stereocenters. The van der Waals surface area contributed by atoms with E-state index < -0.39 is 5.91 Å². The second kappa shape index (κ2) is 5.46. The summed E-state index contributed by atoms with van der Waals surface area (Å²) in [6, 6.07) is 9.91. The highest BCUT2D eigenvalue weighted by molar-refractivity contribution is 6.29. The Labute approximate surface area is 114 Å². The van der Waals surface area contributed by atoms with Crippen LogP contribution in [0.4, 0.5) is 5.82 Å². The van der Waals surface area contributed by atoms with Crippen molar-refractivity contribution in [3.8, 4) is 6.07 Å². The highest BCUT2D eigenvalue weighted by Crippen LogP contribution is 2.11. The van der Waals surface area contributed by atoms with Gasteiger partial charge in [0.1, 0.15) is 16.7 Å². The van der Waals surface area contributed by atoms with E-state index in [1.165, 1.54) is 6.07 Å². The number of carbonyl (C=O) groups excluding carboxylic acids is 1. The van der Waals surface area contributed by atoms with Crippen LogP contribution in [0.3, 0.4) is 0 Å². The summed E-state index contributed by atoms with van der Waals surface area (Å²) in [6.45, 7) is 1.72. The normalized spacial score (nSPS) is 9.74. The maximum absolute atomic E-state index is 12.0. The lowest BCUT2D eigenvalue weighted by atomic mass is 10.2. The van der Waals surface area contributed by atoms with Crippen LogP contribution in [0.25, 0.3) is 0 Å². The molecule has 2 aromatic heterocycles. The molecule has 2 heterocycles. The van der Waals surface area contributed by atoms with E-state index in [0.717, 1.165) is 0 Å². The predicted molar refractivity (Wildman–Crippen MR) is 70.9 cm³/mol. The number of nitriles is 1. The summed E-state index contributed by atoms with van der Waals surface area (Å²) in [5.74, 6) is -0.103. The minimum absolute atomic E-state index is 0.165. The largest absolute Gasteiger partial charge is 0.305 e. The summed E-state index contributed by atoms with van der Waals surface area (Å²) in [4.78, 5) is 20.0. The highest BCUT2D eigenvalue weighted by Gasteiger charge is 2.10. The lowest BCUT2D eigenvalue weighted by Gasteiger charge is -2.05. The number of hydrogen-bond donors (Lipinski definition) is 1. The van der Waals surface area contributed by atoms with Crippen molar-refractivity contribution >= 4 is 23.3 Å². The first-order chi connectivity index (χ1) is 9.08. The Morgan fingerprint density at radius 2 is 2.16 bits per heavy atom. The van der Waals surface area contributed by atoms with Gasteiger partial charge in [0.15, 0.2) is 0 Å². The van der Waals surface area contributed by atoms with Gasteiger partial charge in [-0.15, -0.1) is 0 Å². The average Bonchev–Trinajstić information content (AvgIpc) is 2.38. The summed E-state index contributed by atoms with van der Waals surface area (Å²) in [5.41, 5.74) is 1.15. The number of anilines is 1. The Morgan fingerprint density at radius 3 is 2.84 bits per heavy atom. The molecule has 0 radical (unpaired) electrons. The van der Waals surface area contributed by atoms with E-state index in [9.17, 15) is 4.79 Å². The zero-order valence-electron chi connectivity index (χ0n) is 10.0. The number of amides is 1. The van der Waals surface area contributed by atoms with Gasteiger partial charge in [-0.05, 0) is 31.2 Å². The second-order valence-corrected chi connectivity index (χ2v) is 4.18. The molecule has 0 aliphatic carbocycles. The molecule has 19 heavy (non-hydrogen) atoms. The van der Waals surface area contributed by atoms with Crippen LogP contribution in [0.1, 0.15) is 21.7 Å². The van der Waals surface area contributed by atoms with E-state index in [4.69, 9.17) is 16.9 Å². The number of hydrogen-bond acceptors (Lipinski definition) is 4. The van der Waals surface area contributed by atoms with Crippen LogP contribution in [0, 0.1) is 18.3 Å². The van der Waals surface area contributed by atoms with Crippen LogP contribution in [-0.4, -0.2) is 15.9 Å². The van der Waals surface area contributed by atoms with Gasteiger partial charge in [0.05, 0.1) is 11.6 Å². The van der Waals surface area contributed by atoms with Crippen LogP contribution < -0.4 is 5.32 Å². The fraction of sp³-hybridized carbons (Fsp3) is 0.0769. The van der Waals surface area contributed by atoms with Crippen molar-refractivity contribution in [1.29, 1.82) is 5.26 Å². The van der Waals surface area contributed by atoms with Crippen LogP contribution in [-0.2, 0) is 0 Å². The van der Waals surface area contributed by atoms with Crippen molar-refractivity contribution in [1.82, 2.24) is 9.97 Å². The first kappa shape index (κ1) is 13.0. The highest BCUT2D eigenvalue weighted by atomic mass is 35.5. The summed E-state index contributed by atoms with van der Waals surface area (Å²) in [6.07, 6.45) is 0. The fourth-order valence-corrected chi connectivity index (χ4v) is 1.67. The number of aryl methyl sites for hydroxylation is 1. The number of aromatic nitrogens is 2. The van der Waals surface area contributed by atoms with Crippen LogP contribution >= 0.6 is 11.6 Å². The van der Waals surface area contributed by atoms with Gasteiger partial charge in [-0.2, -0.15) is 5.26 Å². The minimum Gasteiger partial charge on any atom is -0.305 e. The standard InChI is InChI=1S/C13H9ClN4O/c1-8-5-9(7-15)6-10(16-8)13(19)18-12-4-2-3-11(14)17-12/h2-6H,1H3,(H,17,18,19). The van der Waals surface area contributed by atoms with E-state index >= 15 is 0 Å². The minimum atomic E-state index is -0.435. The van der Waals surface area contributed by atoms with E-state index in [2.05, 4.69) is 15.3 Å². The van der Waals surface area contributed by atoms with Gasteiger partial charge in [-0.3, -0.25) is 4.79 Å². The zero-order valence-corrected chi connectivity index (χ0v) is 10.8. The molecule has 1 amide bonds. The zero-order chi connectivity index (χ0) is 13.8. The van der Waals surface area contributed by atoms with Gasteiger partial charge < -0.3 is 5.32 Å². The molecule has 5 nitrogen and oxygen atoms in total. The molecule has 0 aromatic carbocycles. The lowest BCUT2D eigenvalue weighted by molar-refractivity contribution is 0.102. The summed E-state index contributed by atoms with van der Waals surface area (Å²) in [7, 11) is 0. The molecule has 0 atom stereocenters. The molecule has 0 saturated heterocycles. The van der Waals surface area contributed by atoms with E-state index in [1.807, 2.05) is 6.07 Å².